The Morgan fingerprint density at radius 1 is 1.28 bits per heavy atom. The Kier molecular flexibility index (Phi) is 5.15. The number of pyridine rings is 1. The van der Waals surface area contributed by atoms with Gasteiger partial charge in [-0.15, -0.1) is 0 Å². The van der Waals surface area contributed by atoms with E-state index in [1.54, 1.807) is 24.5 Å². The summed E-state index contributed by atoms with van der Waals surface area (Å²) in [5, 5.41) is 6.40. The van der Waals surface area contributed by atoms with Crippen molar-refractivity contribution in [2.24, 2.45) is 0 Å². The Labute approximate surface area is 108 Å². The minimum absolute atomic E-state index is 0.0476. The fourth-order valence-corrected chi connectivity index (χ4v) is 2.36. The molecule has 2 rings (SSSR count). The number of rotatable bonds is 5. The summed E-state index contributed by atoms with van der Waals surface area (Å²) >= 11 is 0. The Morgan fingerprint density at radius 3 is 2.83 bits per heavy atom. The Bertz CT molecular complexity index is 361. The van der Waals surface area contributed by atoms with Crippen LogP contribution in [-0.4, -0.2) is 30.0 Å². The molecule has 4 nitrogen and oxygen atoms in total. The molecule has 0 unspecified atom stereocenters. The van der Waals surface area contributed by atoms with E-state index < -0.39 is 0 Å². The van der Waals surface area contributed by atoms with Gasteiger partial charge in [-0.3, -0.25) is 9.78 Å². The van der Waals surface area contributed by atoms with Crippen LogP contribution in [0.3, 0.4) is 0 Å². The van der Waals surface area contributed by atoms with E-state index in [0.29, 0.717) is 18.2 Å². The lowest BCUT2D eigenvalue weighted by Crippen LogP contribution is -2.37. The van der Waals surface area contributed by atoms with Crippen LogP contribution in [-0.2, 0) is 0 Å². The number of hydrogen-bond donors (Lipinski definition) is 2. The summed E-state index contributed by atoms with van der Waals surface area (Å²) in [6, 6.07) is 4.19. The molecule has 0 spiro atoms. The highest BCUT2D eigenvalue weighted by Crippen LogP contribution is 2.16. The third kappa shape index (κ3) is 4.11. The van der Waals surface area contributed by atoms with E-state index in [0.717, 1.165) is 6.54 Å². The van der Waals surface area contributed by atoms with Crippen molar-refractivity contribution in [2.45, 2.75) is 38.1 Å². The first kappa shape index (κ1) is 13.0. The number of aromatic nitrogens is 1. The van der Waals surface area contributed by atoms with E-state index in [2.05, 4.69) is 15.6 Å². The Hall–Kier alpha value is -1.42. The molecule has 98 valence electrons. The summed E-state index contributed by atoms with van der Waals surface area (Å²) in [6.45, 7) is 1.51. The number of hydrogen-bond acceptors (Lipinski definition) is 3. The van der Waals surface area contributed by atoms with Gasteiger partial charge in [-0.05, 0) is 25.0 Å². The molecular weight excluding hydrogens is 226 g/mol. The van der Waals surface area contributed by atoms with E-state index in [1.165, 1.54) is 32.1 Å². The first-order valence-corrected chi connectivity index (χ1v) is 6.78. The largest absolute Gasteiger partial charge is 0.351 e. The number of nitrogens with zero attached hydrogens (tertiary/aromatic N) is 1. The van der Waals surface area contributed by atoms with E-state index in [4.69, 9.17) is 0 Å². The van der Waals surface area contributed by atoms with Crippen molar-refractivity contribution in [2.75, 3.05) is 13.1 Å². The van der Waals surface area contributed by atoms with Gasteiger partial charge in [0.05, 0.1) is 5.56 Å². The van der Waals surface area contributed by atoms with Gasteiger partial charge < -0.3 is 10.6 Å². The number of nitrogens with one attached hydrogen (secondary N) is 2. The second-order valence-electron chi connectivity index (χ2n) is 4.79. The fraction of sp³-hybridized carbons (Fsp3) is 0.571. The molecule has 0 bridgehead atoms. The summed E-state index contributed by atoms with van der Waals surface area (Å²) in [4.78, 5) is 15.6. The van der Waals surface area contributed by atoms with Crippen molar-refractivity contribution in [3.05, 3.63) is 30.1 Å². The average molecular weight is 247 g/mol. The zero-order chi connectivity index (χ0) is 12.6. The van der Waals surface area contributed by atoms with Crippen molar-refractivity contribution in [3.63, 3.8) is 0 Å². The van der Waals surface area contributed by atoms with Crippen molar-refractivity contribution in [3.8, 4) is 0 Å². The number of carbonyl (C=O) groups excluding carboxylic acids is 1. The summed E-state index contributed by atoms with van der Waals surface area (Å²) in [6.07, 6.45) is 9.84. The second-order valence-corrected chi connectivity index (χ2v) is 4.79. The maximum absolute atomic E-state index is 11.7. The van der Waals surface area contributed by atoms with Crippen LogP contribution in [0.5, 0.6) is 0 Å². The van der Waals surface area contributed by atoms with Gasteiger partial charge in [0.1, 0.15) is 0 Å². The topological polar surface area (TPSA) is 54.0 Å². The van der Waals surface area contributed by atoms with Gasteiger partial charge in [0, 0.05) is 31.5 Å². The first-order chi connectivity index (χ1) is 8.86. The van der Waals surface area contributed by atoms with Crippen molar-refractivity contribution < 1.29 is 4.79 Å². The Balaban J connectivity index is 1.62. The maximum atomic E-state index is 11.7. The number of amides is 1. The third-order valence-corrected chi connectivity index (χ3v) is 3.37. The third-order valence-electron chi connectivity index (χ3n) is 3.37. The monoisotopic (exact) mass is 247 g/mol. The average Bonchev–Trinajstić information content (AvgIpc) is 2.45. The highest BCUT2D eigenvalue weighted by Gasteiger charge is 2.12. The molecule has 18 heavy (non-hydrogen) atoms. The van der Waals surface area contributed by atoms with Crippen LogP contribution in [0.4, 0.5) is 0 Å². The van der Waals surface area contributed by atoms with E-state index >= 15 is 0 Å². The molecule has 1 heterocycles. The number of carbonyl (C=O) groups is 1. The highest BCUT2D eigenvalue weighted by atomic mass is 16.1. The van der Waals surface area contributed by atoms with E-state index in [9.17, 15) is 4.79 Å². The zero-order valence-electron chi connectivity index (χ0n) is 10.7. The normalized spacial score (nSPS) is 16.4. The lowest BCUT2D eigenvalue weighted by molar-refractivity contribution is 0.0953. The molecule has 0 aliphatic heterocycles. The summed E-state index contributed by atoms with van der Waals surface area (Å²) in [5.74, 6) is -0.0476. The second kappa shape index (κ2) is 7.11. The molecule has 0 saturated heterocycles. The van der Waals surface area contributed by atoms with Crippen molar-refractivity contribution in [1.29, 1.82) is 0 Å². The molecule has 0 aromatic carbocycles. The molecule has 1 aliphatic rings. The summed E-state index contributed by atoms with van der Waals surface area (Å²) in [7, 11) is 0. The van der Waals surface area contributed by atoms with Crippen molar-refractivity contribution >= 4 is 5.91 Å². The van der Waals surface area contributed by atoms with Crippen LogP contribution in [0.15, 0.2) is 24.5 Å². The SMILES string of the molecule is O=C(NCCNC1CCCCC1)c1cccnc1. The van der Waals surface area contributed by atoms with E-state index in [-0.39, 0.29) is 5.91 Å². The van der Waals surface area contributed by atoms with Gasteiger partial charge in [-0.25, -0.2) is 0 Å². The predicted molar refractivity (Wildman–Crippen MR) is 71.4 cm³/mol. The summed E-state index contributed by atoms with van der Waals surface area (Å²) < 4.78 is 0. The van der Waals surface area contributed by atoms with Crippen LogP contribution in [0.1, 0.15) is 42.5 Å². The first-order valence-electron chi connectivity index (χ1n) is 6.78. The molecule has 1 aromatic heterocycles. The van der Waals surface area contributed by atoms with Crippen LogP contribution in [0.2, 0.25) is 0 Å². The van der Waals surface area contributed by atoms with Crippen LogP contribution in [0.25, 0.3) is 0 Å². The smallest absolute Gasteiger partial charge is 0.252 e. The molecule has 1 fully saturated rings. The molecule has 1 amide bonds. The lowest BCUT2D eigenvalue weighted by Gasteiger charge is -2.22. The van der Waals surface area contributed by atoms with Gasteiger partial charge in [-0.1, -0.05) is 19.3 Å². The molecule has 4 heteroatoms. The maximum Gasteiger partial charge on any atom is 0.252 e. The molecule has 1 aromatic rings. The minimum atomic E-state index is -0.0476. The molecule has 1 aliphatic carbocycles. The quantitative estimate of drug-likeness (QED) is 0.779. The van der Waals surface area contributed by atoms with Crippen LogP contribution in [0, 0.1) is 0 Å². The zero-order valence-corrected chi connectivity index (χ0v) is 10.7. The summed E-state index contributed by atoms with van der Waals surface area (Å²) in [5.41, 5.74) is 0.621. The standard InChI is InChI=1S/C14H21N3O/c18-14(12-5-4-8-15-11-12)17-10-9-16-13-6-2-1-3-7-13/h4-5,8,11,13,16H,1-3,6-7,9-10H2,(H,17,18). The molecular formula is C14H21N3O. The van der Waals surface area contributed by atoms with Crippen LogP contribution >= 0.6 is 0 Å². The van der Waals surface area contributed by atoms with Gasteiger partial charge in [-0.2, -0.15) is 0 Å². The molecule has 2 N–H and O–H groups in total. The van der Waals surface area contributed by atoms with Gasteiger partial charge in [0.25, 0.3) is 5.91 Å². The Morgan fingerprint density at radius 2 is 2.11 bits per heavy atom. The lowest BCUT2D eigenvalue weighted by atomic mass is 9.95. The van der Waals surface area contributed by atoms with E-state index in [1.807, 2.05) is 0 Å². The van der Waals surface area contributed by atoms with Crippen molar-refractivity contribution in [1.82, 2.24) is 15.6 Å². The van der Waals surface area contributed by atoms with Gasteiger partial charge in [0.15, 0.2) is 0 Å². The molecule has 1 saturated carbocycles. The highest BCUT2D eigenvalue weighted by molar-refractivity contribution is 5.93. The molecule has 0 atom stereocenters. The minimum Gasteiger partial charge on any atom is -0.351 e. The fourth-order valence-electron chi connectivity index (χ4n) is 2.36. The molecule has 0 radical (unpaired) electrons. The van der Waals surface area contributed by atoms with Gasteiger partial charge in [0.2, 0.25) is 0 Å². The predicted octanol–water partition coefficient (Wildman–Crippen LogP) is 1.73. The van der Waals surface area contributed by atoms with Crippen LogP contribution < -0.4 is 10.6 Å². The van der Waals surface area contributed by atoms with Gasteiger partial charge >= 0.3 is 0 Å².